The number of halogens is 1. The van der Waals surface area contributed by atoms with E-state index in [4.69, 9.17) is 16.0 Å². The Morgan fingerprint density at radius 1 is 1.13 bits per heavy atom. The summed E-state index contributed by atoms with van der Waals surface area (Å²) in [5, 5.41) is 24.9. The lowest BCUT2D eigenvalue weighted by molar-refractivity contribution is -0.308. The Morgan fingerprint density at radius 2 is 1.81 bits per heavy atom. The van der Waals surface area contributed by atoms with Gasteiger partial charge < -0.3 is 24.7 Å². The van der Waals surface area contributed by atoms with E-state index in [0.717, 1.165) is 0 Å². The molecule has 0 saturated heterocycles. The van der Waals surface area contributed by atoms with Crippen molar-refractivity contribution in [3.05, 3.63) is 74.1 Å². The van der Waals surface area contributed by atoms with Gasteiger partial charge in [-0.15, -0.1) is 0 Å². The van der Waals surface area contributed by atoms with Gasteiger partial charge in [0.1, 0.15) is 11.3 Å². The number of amides is 1. The first-order valence-corrected chi connectivity index (χ1v) is 10.0. The molecule has 2 N–H and O–H groups in total. The zero-order valence-corrected chi connectivity index (χ0v) is 17.8. The van der Waals surface area contributed by atoms with Crippen molar-refractivity contribution in [3.8, 4) is 5.75 Å². The summed E-state index contributed by atoms with van der Waals surface area (Å²) >= 11 is 5.83. The van der Waals surface area contributed by atoms with Crippen molar-refractivity contribution in [1.29, 1.82) is 0 Å². The number of carbonyl (C=O) groups excluding carboxylic acids is 2. The zero-order valence-electron chi connectivity index (χ0n) is 17.0. The Hall–Kier alpha value is -3.32. The van der Waals surface area contributed by atoms with E-state index in [1.165, 1.54) is 6.07 Å². The van der Waals surface area contributed by atoms with Crippen LogP contribution in [0.5, 0.6) is 5.75 Å². The summed E-state index contributed by atoms with van der Waals surface area (Å²) < 4.78 is 5.36. The van der Waals surface area contributed by atoms with Crippen molar-refractivity contribution in [2.75, 3.05) is 0 Å². The number of benzene rings is 2. The number of aryl methyl sites for hydroxylation is 2. The summed E-state index contributed by atoms with van der Waals surface area (Å²) in [4.78, 5) is 36.3. The summed E-state index contributed by atoms with van der Waals surface area (Å²) in [6, 6.07) is 8.57. The van der Waals surface area contributed by atoms with Gasteiger partial charge in [-0.25, -0.2) is 4.79 Å². The lowest BCUT2D eigenvalue weighted by Gasteiger charge is -2.20. The second-order valence-electron chi connectivity index (χ2n) is 7.35. The lowest BCUT2D eigenvalue weighted by Crippen LogP contribution is -2.49. The van der Waals surface area contributed by atoms with Crippen molar-refractivity contribution >= 4 is 34.4 Å². The average Bonchev–Trinajstić information content (AvgIpc) is 2.72. The minimum Gasteiger partial charge on any atom is -0.548 e. The van der Waals surface area contributed by atoms with Gasteiger partial charge in [0, 0.05) is 28.0 Å². The quantitative estimate of drug-likeness (QED) is 0.541. The van der Waals surface area contributed by atoms with Gasteiger partial charge in [0.25, 0.3) is 0 Å². The van der Waals surface area contributed by atoms with Gasteiger partial charge in [-0.1, -0.05) is 23.7 Å². The molecule has 0 aliphatic rings. The first kappa shape index (κ1) is 22.4. The number of hydrogen-bond acceptors (Lipinski definition) is 6. The van der Waals surface area contributed by atoms with Crippen LogP contribution in [0.25, 0.3) is 11.0 Å². The molecule has 0 spiro atoms. The topological polar surface area (TPSA) is 120 Å². The van der Waals surface area contributed by atoms with Gasteiger partial charge in [0.05, 0.1) is 12.0 Å². The second kappa shape index (κ2) is 9.22. The molecule has 1 atom stereocenters. The highest BCUT2D eigenvalue weighted by molar-refractivity contribution is 6.30. The highest BCUT2D eigenvalue weighted by Crippen LogP contribution is 2.28. The van der Waals surface area contributed by atoms with Crippen LogP contribution in [0, 0.1) is 13.8 Å². The third-order valence-electron chi connectivity index (χ3n) is 5.25. The van der Waals surface area contributed by atoms with E-state index >= 15 is 0 Å². The Balaban J connectivity index is 1.72. The second-order valence-corrected chi connectivity index (χ2v) is 7.79. The van der Waals surface area contributed by atoms with Crippen molar-refractivity contribution < 1.29 is 24.2 Å². The van der Waals surface area contributed by atoms with Crippen LogP contribution < -0.4 is 16.0 Å². The van der Waals surface area contributed by atoms with Gasteiger partial charge in [-0.2, -0.15) is 0 Å². The number of aliphatic carboxylic acids is 1. The molecule has 162 valence electrons. The Morgan fingerprint density at radius 3 is 2.45 bits per heavy atom. The van der Waals surface area contributed by atoms with Crippen LogP contribution in [-0.4, -0.2) is 23.0 Å². The largest absolute Gasteiger partial charge is 0.548 e. The molecule has 1 amide bonds. The molecular weight excluding hydrogens is 422 g/mol. The minimum atomic E-state index is -1.40. The Labute approximate surface area is 183 Å². The molecule has 0 aliphatic carbocycles. The summed E-state index contributed by atoms with van der Waals surface area (Å²) in [6.07, 6.45) is 0.0281. The maximum absolute atomic E-state index is 12.4. The van der Waals surface area contributed by atoms with E-state index in [1.807, 2.05) is 0 Å². The van der Waals surface area contributed by atoms with E-state index in [0.29, 0.717) is 38.2 Å². The van der Waals surface area contributed by atoms with E-state index < -0.39 is 23.5 Å². The molecule has 1 aromatic heterocycles. The van der Waals surface area contributed by atoms with E-state index in [1.54, 1.807) is 44.2 Å². The molecule has 1 heterocycles. The van der Waals surface area contributed by atoms with Gasteiger partial charge in [-0.05, 0) is 62.1 Å². The molecule has 0 bridgehead atoms. The number of nitrogens with one attached hydrogen (secondary N) is 1. The van der Waals surface area contributed by atoms with Gasteiger partial charge in [0.2, 0.25) is 5.91 Å². The van der Waals surface area contributed by atoms with Crippen molar-refractivity contribution in [1.82, 2.24) is 5.32 Å². The lowest BCUT2D eigenvalue weighted by atomic mass is 10.00. The number of carbonyl (C=O) groups is 2. The number of carboxylic acid groups (broad SMARTS) is 1. The third-order valence-corrected chi connectivity index (χ3v) is 5.50. The number of fused-ring (bicyclic) bond motifs is 1. The molecule has 7 nitrogen and oxygen atoms in total. The number of hydrogen-bond donors (Lipinski definition) is 2. The van der Waals surface area contributed by atoms with Gasteiger partial charge in [0.15, 0.2) is 0 Å². The van der Waals surface area contributed by atoms with E-state index in [-0.39, 0.29) is 25.0 Å². The number of aromatic hydroxyl groups is 1. The highest BCUT2D eigenvalue weighted by atomic mass is 35.5. The standard InChI is InChI=1S/C23H22ClNO6/c1-12-16-7-9-19(26)13(2)21(16)31-23(30)17(12)8-10-20(27)25-18(22(28)29)11-14-3-5-15(24)6-4-14/h3-7,9,18,26H,8,10-11H2,1-2H3,(H,25,27)(H,28,29)/p-1/t18-/m1/s1. The van der Waals surface area contributed by atoms with Crippen LogP contribution in [0.2, 0.25) is 5.02 Å². The molecule has 31 heavy (non-hydrogen) atoms. The number of carboxylic acids is 1. The molecule has 8 heteroatoms. The summed E-state index contributed by atoms with van der Waals surface area (Å²) in [5.74, 6) is -1.90. The highest BCUT2D eigenvalue weighted by Gasteiger charge is 2.18. The van der Waals surface area contributed by atoms with Crippen LogP contribution in [0.15, 0.2) is 45.6 Å². The minimum absolute atomic E-state index is 0.0242. The molecule has 0 aliphatic heterocycles. The van der Waals surface area contributed by atoms with Crippen LogP contribution in [-0.2, 0) is 22.4 Å². The van der Waals surface area contributed by atoms with Crippen molar-refractivity contribution in [2.45, 2.75) is 39.2 Å². The van der Waals surface area contributed by atoms with Crippen LogP contribution in [0.4, 0.5) is 0 Å². The fourth-order valence-electron chi connectivity index (χ4n) is 3.42. The number of rotatable bonds is 7. The molecule has 2 aromatic carbocycles. The summed E-state index contributed by atoms with van der Waals surface area (Å²) in [6.45, 7) is 3.39. The third kappa shape index (κ3) is 5.06. The Bertz CT molecular complexity index is 1200. The fraction of sp³-hybridized carbons (Fsp3) is 0.261. The Kier molecular flexibility index (Phi) is 6.65. The van der Waals surface area contributed by atoms with Gasteiger partial charge in [-0.3, -0.25) is 4.79 Å². The van der Waals surface area contributed by atoms with Gasteiger partial charge >= 0.3 is 5.63 Å². The summed E-state index contributed by atoms with van der Waals surface area (Å²) in [7, 11) is 0. The molecule has 0 unspecified atom stereocenters. The van der Waals surface area contributed by atoms with Crippen LogP contribution in [0.3, 0.4) is 0 Å². The first-order chi connectivity index (χ1) is 14.7. The predicted molar refractivity (Wildman–Crippen MR) is 114 cm³/mol. The van der Waals surface area contributed by atoms with E-state index in [9.17, 15) is 24.6 Å². The van der Waals surface area contributed by atoms with Crippen LogP contribution >= 0.6 is 11.6 Å². The number of phenols is 1. The molecule has 3 aromatic rings. The smallest absolute Gasteiger partial charge is 0.339 e. The van der Waals surface area contributed by atoms with Crippen molar-refractivity contribution in [2.24, 2.45) is 0 Å². The van der Waals surface area contributed by atoms with Crippen molar-refractivity contribution in [3.63, 3.8) is 0 Å². The first-order valence-electron chi connectivity index (χ1n) is 9.67. The molecular formula is C23H21ClNO6-. The SMILES string of the molecule is Cc1c(CCC(=O)N[C@H](Cc2ccc(Cl)cc2)C(=O)[O-])c(=O)oc2c(C)c(O)ccc12. The monoisotopic (exact) mass is 442 g/mol. The fourth-order valence-corrected chi connectivity index (χ4v) is 3.55. The average molecular weight is 443 g/mol. The van der Waals surface area contributed by atoms with Crippen LogP contribution in [0.1, 0.15) is 28.7 Å². The molecule has 0 saturated carbocycles. The normalized spacial score (nSPS) is 12.0. The maximum Gasteiger partial charge on any atom is 0.339 e. The zero-order chi connectivity index (χ0) is 22.7. The molecule has 0 fully saturated rings. The molecule has 0 radical (unpaired) electrons. The van der Waals surface area contributed by atoms with E-state index in [2.05, 4.69) is 5.32 Å². The molecule has 3 rings (SSSR count). The predicted octanol–water partition coefficient (Wildman–Crippen LogP) is 2.18. The summed E-state index contributed by atoms with van der Waals surface area (Å²) in [5.41, 5.74) is 1.83. The number of phenolic OH excluding ortho intramolecular Hbond substituents is 1. The maximum atomic E-state index is 12.4.